The van der Waals surface area contributed by atoms with E-state index < -0.39 is 10.8 Å². The fourth-order valence-corrected chi connectivity index (χ4v) is 5.28. The Bertz CT molecular complexity index is 1670. The molecule has 0 radical (unpaired) electrons. The number of non-ortho nitro benzene ring substituents is 1. The molecule has 0 aromatic heterocycles. The Morgan fingerprint density at radius 1 is 0.889 bits per heavy atom. The zero-order valence-corrected chi connectivity index (χ0v) is 25.8. The average Bonchev–Trinajstić information content (AvgIpc) is 3.05. The topological polar surface area (TPSA) is 117 Å². The lowest BCUT2D eigenvalue weighted by atomic mass is 10.1. The van der Waals surface area contributed by atoms with Crippen molar-refractivity contribution >= 4 is 35.8 Å². The molecule has 2 N–H and O–H groups in total. The first-order valence-corrected chi connectivity index (χ1v) is 15.1. The molecule has 0 unspecified atom stereocenters. The number of para-hydroxylation sites is 2. The number of thiol groups is 1. The highest BCUT2D eigenvalue weighted by Crippen LogP contribution is 2.28. The summed E-state index contributed by atoms with van der Waals surface area (Å²) in [6, 6.07) is 26.3. The number of ether oxygens (including phenoxy) is 1. The summed E-state index contributed by atoms with van der Waals surface area (Å²) in [7, 11) is 2.14. The molecule has 1 aliphatic rings. The van der Waals surface area contributed by atoms with Crippen LogP contribution in [0, 0.1) is 10.1 Å². The maximum absolute atomic E-state index is 13.0. The molecule has 2 amide bonds. The van der Waals surface area contributed by atoms with Crippen LogP contribution in [0.15, 0.2) is 95.9 Å². The van der Waals surface area contributed by atoms with Crippen molar-refractivity contribution < 1.29 is 19.2 Å². The number of hydrogen-bond donors (Lipinski definition) is 3. The molecule has 0 aliphatic carbocycles. The standard InChI is InChI=1S/C34H35N5O5S/c1-37-16-18-38(19-17-37)22-24-10-12-25(13-11-24)33(40)35-21-26-6-2-3-7-27(26)23-44-31-9-5-4-8-30(31)36-34(41)29-20-28(39(42)43)14-15-32(29)45/h2-15,20,45H,16-19,21-23H2,1H3,(H,35,40)(H,36,41). The SMILES string of the molecule is CN1CCN(Cc2ccc(C(=O)NCc3ccccc3COc3ccccc3NC(=O)c3cc([N+](=O)[O-])ccc3S)cc2)CC1. The average molecular weight is 626 g/mol. The van der Waals surface area contributed by atoms with Crippen LogP contribution in [0.4, 0.5) is 11.4 Å². The van der Waals surface area contributed by atoms with Gasteiger partial charge in [0.25, 0.3) is 17.5 Å². The van der Waals surface area contributed by atoms with Gasteiger partial charge in [-0.15, -0.1) is 12.6 Å². The Morgan fingerprint density at radius 2 is 1.58 bits per heavy atom. The lowest BCUT2D eigenvalue weighted by Crippen LogP contribution is -2.43. The first-order chi connectivity index (χ1) is 21.8. The Labute approximate surface area is 267 Å². The predicted molar refractivity (Wildman–Crippen MR) is 176 cm³/mol. The van der Waals surface area contributed by atoms with Crippen molar-refractivity contribution in [2.24, 2.45) is 0 Å². The molecule has 0 bridgehead atoms. The molecule has 4 aromatic carbocycles. The van der Waals surface area contributed by atoms with Gasteiger partial charge in [-0.25, -0.2) is 0 Å². The fourth-order valence-electron chi connectivity index (χ4n) is 5.03. The predicted octanol–water partition coefficient (Wildman–Crippen LogP) is 5.39. The van der Waals surface area contributed by atoms with Gasteiger partial charge in [0.05, 0.1) is 16.2 Å². The number of anilines is 1. The second-order valence-corrected chi connectivity index (χ2v) is 11.4. The van der Waals surface area contributed by atoms with E-state index in [0.29, 0.717) is 28.4 Å². The number of amides is 2. The molecule has 1 saturated heterocycles. The number of rotatable bonds is 11. The molecule has 45 heavy (non-hydrogen) atoms. The first-order valence-electron chi connectivity index (χ1n) is 14.6. The van der Waals surface area contributed by atoms with Crippen LogP contribution in [-0.4, -0.2) is 59.8 Å². The molecule has 11 heteroatoms. The van der Waals surface area contributed by atoms with Crippen molar-refractivity contribution in [1.82, 2.24) is 15.1 Å². The molecule has 5 rings (SSSR count). The third kappa shape index (κ3) is 8.48. The van der Waals surface area contributed by atoms with E-state index in [1.165, 1.54) is 23.8 Å². The highest BCUT2D eigenvalue weighted by molar-refractivity contribution is 7.80. The zero-order chi connectivity index (χ0) is 31.8. The maximum Gasteiger partial charge on any atom is 0.270 e. The fraction of sp³-hybridized carbons (Fsp3) is 0.235. The monoisotopic (exact) mass is 625 g/mol. The Morgan fingerprint density at radius 3 is 2.31 bits per heavy atom. The minimum atomic E-state index is -0.563. The summed E-state index contributed by atoms with van der Waals surface area (Å²) in [5.41, 5.74) is 3.84. The lowest BCUT2D eigenvalue weighted by Gasteiger charge is -2.32. The third-order valence-corrected chi connectivity index (χ3v) is 8.12. The van der Waals surface area contributed by atoms with Gasteiger partial charge in [0, 0.05) is 61.9 Å². The Hall–Kier alpha value is -4.71. The second-order valence-electron chi connectivity index (χ2n) is 10.9. The molecular weight excluding hydrogens is 590 g/mol. The number of carbonyl (C=O) groups excluding carboxylic acids is 2. The molecule has 232 valence electrons. The van der Waals surface area contributed by atoms with Gasteiger partial charge in [0.1, 0.15) is 12.4 Å². The highest BCUT2D eigenvalue weighted by atomic mass is 32.1. The van der Waals surface area contributed by atoms with Crippen LogP contribution in [0.25, 0.3) is 0 Å². The van der Waals surface area contributed by atoms with E-state index >= 15 is 0 Å². The number of piperazine rings is 1. The second kappa shape index (κ2) is 14.8. The largest absolute Gasteiger partial charge is 0.487 e. The maximum atomic E-state index is 13.0. The van der Waals surface area contributed by atoms with E-state index in [9.17, 15) is 19.7 Å². The number of nitrogens with zero attached hydrogens (tertiary/aromatic N) is 3. The summed E-state index contributed by atoms with van der Waals surface area (Å²) in [5.74, 6) is -0.280. The van der Waals surface area contributed by atoms with Crippen LogP contribution in [0.1, 0.15) is 37.4 Å². The van der Waals surface area contributed by atoms with E-state index in [0.717, 1.165) is 43.9 Å². The van der Waals surface area contributed by atoms with Gasteiger partial charge in [0.15, 0.2) is 0 Å². The van der Waals surface area contributed by atoms with Crippen molar-refractivity contribution in [2.75, 3.05) is 38.5 Å². The minimum absolute atomic E-state index is 0.0769. The number of hydrogen-bond acceptors (Lipinski definition) is 8. The third-order valence-electron chi connectivity index (χ3n) is 7.73. The minimum Gasteiger partial charge on any atom is -0.487 e. The van der Waals surface area contributed by atoms with E-state index in [1.54, 1.807) is 24.3 Å². The summed E-state index contributed by atoms with van der Waals surface area (Å²) in [6.07, 6.45) is 0. The van der Waals surface area contributed by atoms with Crippen LogP contribution >= 0.6 is 12.6 Å². The van der Waals surface area contributed by atoms with E-state index in [-0.39, 0.29) is 23.8 Å². The molecule has 10 nitrogen and oxygen atoms in total. The van der Waals surface area contributed by atoms with Crippen molar-refractivity contribution in [3.8, 4) is 5.75 Å². The van der Waals surface area contributed by atoms with Crippen LogP contribution in [-0.2, 0) is 19.7 Å². The Balaban J connectivity index is 1.18. The number of carbonyl (C=O) groups is 2. The highest BCUT2D eigenvalue weighted by Gasteiger charge is 2.18. The van der Waals surface area contributed by atoms with Crippen LogP contribution < -0.4 is 15.4 Å². The molecule has 1 aliphatic heterocycles. The van der Waals surface area contributed by atoms with Gasteiger partial charge in [-0.2, -0.15) is 0 Å². The van der Waals surface area contributed by atoms with Crippen molar-refractivity contribution in [1.29, 1.82) is 0 Å². The van der Waals surface area contributed by atoms with Gasteiger partial charge in [-0.3, -0.25) is 24.6 Å². The van der Waals surface area contributed by atoms with Crippen molar-refractivity contribution in [3.63, 3.8) is 0 Å². The van der Waals surface area contributed by atoms with Crippen molar-refractivity contribution in [2.45, 2.75) is 24.6 Å². The number of nitro groups is 1. The number of benzene rings is 4. The molecule has 0 spiro atoms. The zero-order valence-electron chi connectivity index (χ0n) is 24.9. The summed E-state index contributed by atoms with van der Waals surface area (Å²) >= 11 is 4.29. The summed E-state index contributed by atoms with van der Waals surface area (Å²) in [6.45, 7) is 5.59. The number of likely N-dealkylation sites (N-methyl/N-ethyl adjacent to an activating group) is 1. The quantitative estimate of drug-likeness (QED) is 0.116. The molecular formula is C34H35N5O5S. The van der Waals surface area contributed by atoms with E-state index in [1.807, 2.05) is 48.5 Å². The molecule has 4 aromatic rings. The van der Waals surface area contributed by atoms with Crippen LogP contribution in [0.5, 0.6) is 5.75 Å². The number of nitrogens with one attached hydrogen (secondary N) is 2. The molecule has 1 heterocycles. The van der Waals surface area contributed by atoms with E-state index in [2.05, 4.69) is 40.1 Å². The van der Waals surface area contributed by atoms with Crippen molar-refractivity contribution in [3.05, 3.63) is 129 Å². The Kier molecular flexibility index (Phi) is 10.5. The van der Waals surface area contributed by atoms with Gasteiger partial charge < -0.3 is 20.3 Å². The van der Waals surface area contributed by atoms with Crippen LogP contribution in [0.2, 0.25) is 0 Å². The van der Waals surface area contributed by atoms with Crippen LogP contribution in [0.3, 0.4) is 0 Å². The summed E-state index contributed by atoms with van der Waals surface area (Å²) < 4.78 is 6.10. The first kappa shape index (κ1) is 31.7. The van der Waals surface area contributed by atoms with Gasteiger partial charge >= 0.3 is 0 Å². The summed E-state index contributed by atoms with van der Waals surface area (Å²) in [4.78, 5) is 41.6. The van der Waals surface area contributed by atoms with Gasteiger partial charge in [-0.05, 0) is 54.1 Å². The van der Waals surface area contributed by atoms with Gasteiger partial charge in [-0.1, -0.05) is 48.5 Å². The lowest BCUT2D eigenvalue weighted by molar-refractivity contribution is -0.384. The van der Waals surface area contributed by atoms with E-state index in [4.69, 9.17) is 4.74 Å². The normalized spacial score (nSPS) is 13.6. The smallest absolute Gasteiger partial charge is 0.270 e. The molecule has 0 atom stereocenters. The van der Waals surface area contributed by atoms with Gasteiger partial charge in [0.2, 0.25) is 0 Å². The molecule has 0 saturated carbocycles. The number of nitro benzene ring substituents is 1. The summed E-state index contributed by atoms with van der Waals surface area (Å²) in [5, 5.41) is 17.0. The molecule has 1 fully saturated rings.